The zero-order valence-corrected chi connectivity index (χ0v) is 5.84. The molecule has 0 spiro atoms. The maximum Gasteiger partial charge on any atom is 0.0272 e. The Bertz CT molecular complexity index is 46.0. The molecule has 0 unspecified atom stereocenters. The van der Waals surface area contributed by atoms with E-state index in [9.17, 15) is 0 Å². The van der Waals surface area contributed by atoms with Crippen LogP contribution in [-0.4, -0.2) is 5.54 Å². The molecule has 0 saturated heterocycles. The van der Waals surface area contributed by atoms with Crippen LogP contribution in [0.3, 0.4) is 0 Å². The molecule has 0 atom stereocenters. The van der Waals surface area contributed by atoms with E-state index >= 15 is 0 Å². The number of rotatable bonds is 2. The molecule has 44 valence electrons. The summed E-state index contributed by atoms with van der Waals surface area (Å²) in [4.78, 5) is 2.66. The molecule has 7 heavy (non-hydrogen) atoms. The third kappa shape index (κ3) is 2.89. The van der Waals surface area contributed by atoms with Gasteiger partial charge in [-0.2, -0.15) is 0 Å². The molecule has 0 aliphatic rings. The Kier molecular flexibility index (Phi) is 2.62. The molecular weight excluding hydrogens is 110 g/mol. The Morgan fingerprint density at radius 2 is 2.00 bits per heavy atom. The highest BCUT2D eigenvalue weighted by molar-refractivity contribution is 6.13. The predicted octanol–water partition coefficient (Wildman–Crippen LogP) is 1.92. The van der Waals surface area contributed by atoms with Crippen molar-refractivity contribution in [3.8, 4) is 0 Å². The van der Waals surface area contributed by atoms with Gasteiger partial charge in [-0.15, -0.1) is 0 Å². The largest absolute Gasteiger partial charge is 0.228 e. The van der Waals surface area contributed by atoms with Crippen molar-refractivity contribution >= 4 is 11.8 Å². The Hall–Kier alpha value is 0.250. The van der Waals surface area contributed by atoms with Gasteiger partial charge in [-0.1, -0.05) is 6.92 Å². The van der Waals surface area contributed by atoms with Crippen molar-refractivity contribution in [1.82, 2.24) is 4.84 Å². The van der Waals surface area contributed by atoms with Crippen LogP contribution in [-0.2, 0) is 0 Å². The van der Waals surface area contributed by atoms with Crippen LogP contribution in [0.25, 0.3) is 0 Å². The second-order valence-corrected chi connectivity index (χ2v) is 2.52. The van der Waals surface area contributed by atoms with E-state index in [1.54, 1.807) is 0 Å². The molecule has 0 rings (SSSR count). The van der Waals surface area contributed by atoms with Gasteiger partial charge in [-0.3, -0.25) is 0 Å². The van der Waals surface area contributed by atoms with E-state index in [0.717, 1.165) is 6.42 Å². The van der Waals surface area contributed by atoms with Crippen molar-refractivity contribution in [3.05, 3.63) is 0 Å². The first-order chi connectivity index (χ1) is 3.12. The molecule has 0 saturated carbocycles. The van der Waals surface area contributed by atoms with Crippen LogP contribution in [0, 0.1) is 0 Å². The lowest BCUT2D eigenvalue weighted by molar-refractivity contribution is 0.459. The first-order valence-electron chi connectivity index (χ1n) is 2.50. The van der Waals surface area contributed by atoms with Crippen molar-refractivity contribution in [1.29, 1.82) is 0 Å². The van der Waals surface area contributed by atoms with Crippen molar-refractivity contribution < 1.29 is 0 Å². The smallest absolute Gasteiger partial charge is 0.0272 e. The van der Waals surface area contributed by atoms with Crippen LogP contribution >= 0.6 is 11.8 Å². The van der Waals surface area contributed by atoms with E-state index in [1.807, 2.05) is 0 Å². The van der Waals surface area contributed by atoms with Gasteiger partial charge < -0.3 is 0 Å². The third-order valence-electron chi connectivity index (χ3n) is 1.14. The fourth-order valence-electron chi connectivity index (χ4n) is 0.0668. The maximum absolute atomic E-state index is 5.34. The fraction of sp³-hybridized carbons (Fsp3) is 1.00. The summed E-state index contributed by atoms with van der Waals surface area (Å²) in [6.07, 6.45) is 1.05. The van der Waals surface area contributed by atoms with Gasteiger partial charge >= 0.3 is 0 Å². The van der Waals surface area contributed by atoms with Crippen molar-refractivity contribution in [2.45, 2.75) is 32.7 Å². The molecule has 0 aromatic rings. The minimum absolute atomic E-state index is 0.0988. The Labute approximate surface area is 50.2 Å². The molecule has 0 aromatic heterocycles. The standard InChI is InChI=1S/C5H12ClN/c1-4-5(2,3)7-6/h7H,4H2,1-3H3. The predicted molar refractivity (Wildman–Crippen MR) is 33.4 cm³/mol. The Morgan fingerprint density at radius 1 is 1.57 bits per heavy atom. The minimum Gasteiger partial charge on any atom is -0.228 e. The molecule has 0 aromatic carbocycles. The van der Waals surface area contributed by atoms with Gasteiger partial charge in [0.25, 0.3) is 0 Å². The van der Waals surface area contributed by atoms with Gasteiger partial charge in [-0.25, -0.2) is 4.84 Å². The topological polar surface area (TPSA) is 12.0 Å². The highest BCUT2D eigenvalue weighted by Crippen LogP contribution is 2.06. The first-order valence-corrected chi connectivity index (χ1v) is 2.88. The lowest BCUT2D eigenvalue weighted by Crippen LogP contribution is -2.30. The quantitative estimate of drug-likeness (QED) is 0.551. The third-order valence-corrected chi connectivity index (χ3v) is 1.65. The van der Waals surface area contributed by atoms with Crippen LogP contribution in [0.4, 0.5) is 0 Å². The van der Waals surface area contributed by atoms with Crippen molar-refractivity contribution in [2.24, 2.45) is 0 Å². The SMILES string of the molecule is CCC(C)(C)NCl. The van der Waals surface area contributed by atoms with Crippen molar-refractivity contribution in [2.75, 3.05) is 0 Å². The molecule has 0 amide bonds. The van der Waals surface area contributed by atoms with E-state index in [0.29, 0.717) is 0 Å². The Morgan fingerprint density at radius 3 is 2.00 bits per heavy atom. The summed E-state index contributed by atoms with van der Waals surface area (Å²) >= 11 is 5.34. The zero-order chi connectivity index (χ0) is 5.91. The summed E-state index contributed by atoms with van der Waals surface area (Å²) < 4.78 is 0. The van der Waals surface area contributed by atoms with Crippen LogP contribution in [0.2, 0.25) is 0 Å². The highest BCUT2D eigenvalue weighted by Gasteiger charge is 2.10. The van der Waals surface area contributed by atoms with Gasteiger partial charge in [0.15, 0.2) is 0 Å². The number of nitrogens with one attached hydrogen (secondary N) is 1. The summed E-state index contributed by atoms with van der Waals surface area (Å²) in [5.41, 5.74) is 0.0988. The molecule has 2 heteroatoms. The zero-order valence-electron chi connectivity index (χ0n) is 5.09. The minimum atomic E-state index is 0.0988. The van der Waals surface area contributed by atoms with Crippen LogP contribution < -0.4 is 4.84 Å². The molecule has 0 bridgehead atoms. The van der Waals surface area contributed by atoms with E-state index in [2.05, 4.69) is 25.6 Å². The summed E-state index contributed by atoms with van der Waals surface area (Å²) in [5, 5.41) is 0. The molecule has 0 aliphatic heterocycles. The first kappa shape index (κ1) is 7.25. The molecule has 1 nitrogen and oxygen atoms in total. The molecule has 0 aliphatic carbocycles. The van der Waals surface area contributed by atoms with Crippen molar-refractivity contribution in [3.63, 3.8) is 0 Å². The maximum atomic E-state index is 5.34. The van der Waals surface area contributed by atoms with Crippen LogP contribution in [0.5, 0.6) is 0 Å². The lowest BCUT2D eigenvalue weighted by atomic mass is 10.0. The second-order valence-electron chi connectivity index (χ2n) is 2.33. The van der Waals surface area contributed by atoms with Gasteiger partial charge in [0.05, 0.1) is 0 Å². The summed E-state index contributed by atoms with van der Waals surface area (Å²) in [6, 6.07) is 0. The average Bonchev–Trinajstić information content (AvgIpc) is 1.68. The van der Waals surface area contributed by atoms with Gasteiger partial charge in [0.1, 0.15) is 0 Å². The Balaban J connectivity index is 3.36. The monoisotopic (exact) mass is 121 g/mol. The highest BCUT2D eigenvalue weighted by atomic mass is 35.5. The van der Waals surface area contributed by atoms with Gasteiger partial charge in [0, 0.05) is 5.54 Å². The average molecular weight is 122 g/mol. The summed E-state index contributed by atoms with van der Waals surface area (Å²) in [7, 11) is 0. The van der Waals surface area contributed by atoms with Crippen LogP contribution in [0.15, 0.2) is 0 Å². The number of hydrogen-bond donors (Lipinski definition) is 1. The fourth-order valence-corrected chi connectivity index (χ4v) is 0.200. The van der Waals surface area contributed by atoms with Crippen LogP contribution in [0.1, 0.15) is 27.2 Å². The molecule has 0 fully saturated rings. The summed E-state index contributed by atoms with van der Waals surface area (Å²) in [6.45, 7) is 6.20. The molecular formula is C5H12ClN. The molecule has 0 heterocycles. The van der Waals surface area contributed by atoms with E-state index in [-0.39, 0.29) is 5.54 Å². The second kappa shape index (κ2) is 2.53. The normalized spacial score (nSPS) is 12.0. The summed E-state index contributed by atoms with van der Waals surface area (Å²) in [5.74, 6) is 0. The van der Waals surface area contributed by atoms with E-state index in [1.165, 1.54) is 0 Å². The lowest BCUT2D eigenvalue weighted by Gasteiger charge is -2.18. The van der Waals surface area contributed by atoms with E-state index < -0.39 is 0 Å². The van der Waals surface area contributed by atoms with E-state index in [4.69, 9.17) is 11.8 Å². The molecule has 0 radical (unpaired) electrons. The van der Waals surface area contributed by atoms with Gasteiger partial charge in [0.2, 0.25) is 0 Å². The van der Waals surface area contributed by atoms with Gasteiger partial charge in [-0.05, 0) is 32.0 Å². The number of hydrogen-bond acceptors (Lipinski definition) is 1. The molecule has 1 N–H and O–H groups in total. The number of halogens is 1.